The fourth-order valence-electron chi connectivity index (χ4n) is 2.73. The van der Waals surface area contributed by atoms with Crippen molar-refractivity contribution in [1.82, 2.24) is 0 Å². The van der Waals surface area contributed by atoms with Gasteiger partial charge in [0.2, 0.25) is 0 Å². The van der Waals surface area contributed by atoms with Gasteiger partial charge in [0.25, 0.3) is 0 Å². The van der Waals surface area contributed by atoms with Gasteiger partial charge in [-0.1, -0.05) is 19.8 Å². The smallest absolute Gasteiger partial charge is 0.309 e. The minimum absolute atomic E-state index is 0.0863. The van der Waals surface area contributed by atoms with E-state index in [0.29, 0.717) is 5.92 Å². The first-order valence-corrected chi connectivity index (χ1v) is 5.53. The molecule has 2 fully saturated rings. The highest BCUT2D eigenvalue weighted by Gasteiger charge is 2.46. The van der Waals surface area contributed by atoms with Gasteiger partial charge in [-0.25, -0.2) is 0 Å². The summed E-state index contributed by atoms with van der Waals surface area (Å²) in [6.45, 7) is 2.17. The number of hydrogen-bond acceptors (Lipinski definition) is 2. The van der Waals surface area contributed by atoms with E-state index in [-0.39, 0.29) is 18.0 Å². The van der Waals surface area contributed by atoms with Crippen LogP contribution in [-0.4, -0.2) is 12.1 Å². The second-order valence-corrected chi connectivity index (χ2v) is 4.32. The lowest BCUT2D eigenvalue weighted by molar-refractivity contribution is -0.144. The first-order chi connectivity index (χ1) is 6.33. The molecule has 2 aliphatic rings. The fraction of sp³-hybridized carbons (Fsp3) is 0.909. The minimum Gasteiger partial charge on any atom is -0.462 e. The zero-order chi connectivity index (χ0) is 9.26. The normalized spacial score (nSPS) is 37.6. The fourth-order valence-corrected chi connectivity index (χ4v) is 2.73. The quantitative estimate of drug-likeness (QED) is 0.627. The second-order valence-electron chi connectivity index (χ2n) is 4.32. The van der Waals surface area contributed by atoms with Gasteiger partial charge in [0.05, 0.1) is 5.92 Å². The Morgan fingerprint density at radius 2 is 2.31 bits per heavy atom. The molecule has 0 amide bonds. The Hall–Kier alpha value is -0.530. The van der Waals surface area contributed by atoms with Gasteiger partial charge in [0.1, 0.15) is 6.10 Å². The first-order valence-electron chi connectivity index (χ1n) is 5.53. The largest absolute Gasteiger partial charge is 0.462 e. The zero-order valence-corrected chi connectivity index (χ0v) is 8.29. The van der Waals surface area contributed by atoms with Crippen molar-refractivity contribution >= 4 is 5.97 Å². The number of fused-ring (bicyclic) bond motifs is 1. The lowest BCUT2D eigenvalue weighted by Gasteiger charge is -2.11. The van der Waals surface area contributed by atoms with Crippen LogP contribution in [-0.2, 0) is 9.53 Å². The Bertz CT molecular complexity index is 200. The van der Waals surface area contributed by atoms with E-state index in [1.165, 1.54) is 25.7 Å². The van der Waals surface area contributed by atoms with Crippen molar-refractivity contribution in [2.45, 2.75) is 51.6 Å². The molecule has 1 aliphatic heterocycles. The number of unbranched alkanes of at least 4 members (excludes halogenated alkanes) is 1. The topological polar surface area (TPSA) is 26.3 Å². The van der Waals surface area contributed by atoms with Gasteiger partial charge in [-0.2, -0.15) is 0 Å². The van der Waals surface area contributed by atoms with Crippen molar-refractivity contribution in [3.05, 3.63) is 0 Å². The standard InChI is InChI=1S/C11H18O2/c1-2-3-5-9-8-6-4-7-10(8)13-11(9)12/h8-10H,2-7H2,1H3. The van der Waals surface area contributed by atoms with E-state index in [1.807, 2.05) is 0 Å². The summed E-state index contributed by atoms with van der Waals surface area (Å²) in [6.07, 6.45) is 7.27. The van der Waals surface area contributed by atoms with Crippen LogP contribution in [0.1, 0.15) is 45.4 Å². The summed E-state index contributed by atoms with van der Waals surface area (Å²) >= 11 is 0. The van der Waals surface area contributed by atoms with Gasteiger partial charge in [-0.15, -0.1) is 0 Å². The Balaban J connectivity index is 1.96. The molecule has 0 aromatic carbocycles. The van der Waals surface area contributed by atoms with E-state index < -0.39 is 0 Å². The highest BCUT2D eigenvalue weighted by Crippen LogP contribution is 2.42. The molecular formula is C11H18O2. The maximum absolute atomic E-state index is 11.5. The molecule has 1 heterocycles. The highest BCUT2D eigenvalue weighted by atomic mass is 16.6. The van der Waals surface area contributed by atoms with Crippen molar-refractivity contribution in [2.75, 3.05) is 0 Å². The number of carbonyl (C=O) groups excluding carboxylic acids is 1. The Morgan fingerprint density at radius 1 is 1.46 bits per heavy atom. The summed E-state index contributed by atoms with van der Waals surface area (Å²) in [4.78, 5) is 11.5. The molecule has 1 saturated heterocycles. The number of esters is 1. The SMILES string of the molecule is CCCCC1C(=O)OC2CCCC21. The summed E-state index contributed by atoms with van der Waals surface area (Å²) in [5, 5.41) is 0. The van der Waals surface area contributed by atoms with E-state index in [0.717, 1.165) is 12.8 Å². The van der Waals surface area contributed by atoms with Crippen molar-refractivity contribution < 1.29 is 9.53 Å². The molecule has 3 unspecified atom stereocenters. The molecule has 1 saturated carbocycles. The van der Waals surface area contributed by atoms with E-state index in [4.69, 9.17) is 4.74 Å². The van der Waals surface area contributed by atoms with E-state index in [2.05, 4.69) is 6.92 Å². The third-order valence-electron chi connectivity index (χ3n) is 3.46. The molecule has 13 heavy (non-hydrogen) atoms. The minimum atomic E-state index is 0.0863. The van der Waals surface area contributed by atoms with E-state index in [9.17, 15) is 4.79 Å². The van der Waals surface area contributed by atoms with E-state index >= 15 is 0 Å². The van der Waals surface area contributed by atoms with Crippen LogP contribution in [0.3, 0.4) is 0 Å². The van der Waals surface area contributed by atoms with Crippen LogP contribution in [0, 0.1) is 11.8 Å². The predicted molar refractivity (Wildman–Crippen MR) is 50.2 cm³/mol. The maximum atomic E-state index is 11.5. The first kappa shape index (κ1) is 9.04. The molecule has 74 valence electrons. The molecule has 0 N–H and O–H groups in total. The van der Waals surface area contributed by atoms with Gasteiger partial charge in [-0.05, 0) is 25.7 Å². The van der Waals surface area contributed by atoms with Gasteiger partial charge < -0.3 is 4.74 Å². The summed E-state index contributed by atoms with van der Waals surface area (Å²) in [6, 6.07) is 0. The van der Waals surface area contributed by atoms with E-state index in [1.54, 1.807) is 0 Å². The molecule has 1 aliphatic carbocycles. The summed E-state index contributed by atoms with van der Waals surface area (Å²) in [7, 11) is 0. The van der Waals surface area contributed by atoms with Crippen LogP contribution >= 0.6 is 0 Å². The number of carbonyl (C=O) groups is 1. The molecule has 0 radical (unpaired) electrons. The van der Waals surface area contributed by atoms with Crippen molar-refractivity contribution in [3.63, 3.8) is 0 Å². The molecule has 2 nitrogen and oxygen atoms in total. The molecule has 0 spiro atoms. The maximum Gasteiger partial charge on any atom is 0.309 e. The van der Waals surface area contributed by atoms with Crippen LogP contribution in [0.4, 0.5) is 0 Å². The van der Waals surface area contributed by atoms with Crippen LogP contribution in [0.25, 0.3) is 0 Å². The summed E-state index contributed by atoms with van der Waals surface area (Å²) < 4.78 is 5.36. The molecule has 0 aromatic heterocycles. The Kier molecular flexibility index (Phi) is 2.56. The molecule has 2 rings (SSSR count). The molecular weight excluding hydrogens is 164 g/mol. The van der Waals surface area contributed by atoms with Crippen molar-refractivity contribution in [2.24, 2.45) is 11.8 Å². The third kappa shape index (κ3) is 1.59. The zero-order valence-electron chi connectivity index (χ0n) is 8.29. The average Bonchev–Trinajstić information content (AvgIpc) is 2.62. The van der Waals surface area contributed by atoms with Gasteiger partial charge in [0.15, 0.2) is 0 Å². The Morgan fingerprint density at radius 3 is 3.08 bits per heavy atom. The summed E-state index contributed by atoms with van der Waals surface area (Å²) in [5.41, 5.74) is 0. The predicted octanol–water partition coefficient (Wildman–Crippen LogP) is 2.52. The van der Waals surface area contributed by atoms with Crippen LogP contribution < -0.4 is 0 Å². The molecule has 2 heteroatoms. The highest BCUT2D eigenvalue weighted by molar-refractivity contribution is 5.75. The van der Waals surface area contributed by atoms with Gasteiger partial charge >= 0.3 is 5.97 Å². The summed E-state index contributed by atoms with van der Waals surface area (Å²) in [5.74, 6) is 0.898. The molecule has 0 bridgehead atoms. The van der Waals surface area contributed by atoms with Crippen molar-refractivity contribution in [3.8, 4) is 0 Å². The molecule has 3 atom stereocenters. The molecule has 0 aromatic rings. The lowest BCUT2D eigenvalue weighted by atomic mass is 9.88. The third-order valence-corrected chi connectivity index (χ3v) is 3.46. The number of ether oxygens (including phenoxy) is 1. The number of hydrogen-bond donors (Lipinski definition) is 0. The Labute approximate surface area is 79.7 Å². The van der Waals surface area contributed by atoms with Crippen molar-refractivity contribution in [1.29, 1.82) is 0 Å². The lowest BCUT2D eigenvalue weighted by Crippen LogP contribution is -2.15. The second kappa shape index (κ2) is 3.69. The van der Waals surface area contributed by atoms with Gasteiger partial charge in [-0.3, -0.25) is 4.79 Å². The van der Waals surface area contributed by atoms with Crippen LogP contribution in [0.5, 0.6) is 0 Å². The average molecular weight is 182 g/mol. The van der Waals surface area contributed by atoms with Crippen LogP contribution in [0.15, 0.2) is 0 Å². The monoisotopic (exact) mass is 182 g/mol. The van der Waals surface area contributed by atoms with Gasteiger partial charge in [0, 0.05) is 5.92 Å². The number of rotatable bonds is 3. The van der Waals surface area contributed by atoms with Crippen LogP contribution in [0.2, 0.25) is 0 Å².